The predicted octanol–water partition coefficient (Wildman–Crippen LogP) is 2.46. The van der Waals surface area contributed by atoms with E-state index in [1.807, 2.05) is 50.2 Å². The Kier molecular flexibility index (Phi) is 5.33. The van der Waals surface area contributed by atoms with E-state index in [-0.39, 0.29) is 11.6 Å². The summed E-state index contributed by atoms with van der Waals surface area (Å²) in [6.07, 6.45) is 1.58. The molecule has 0 spiro atoms. The Bertz CT molecular complexity index is 1010. The fourth-order valence-electron chi connectivity index (χ4n) is 3.10. The van der Waals surface area contributed by atoms with Gasteiger partial charge in [0.15, 0.2) is 17.2 Å². The highest BCUT2D eigenvalue weighted by molar-refractivity contribution is 5.91. The van der Waals surface area contributed by atoms with Gasteiger partial charge in [-0.2, -0.15) is 0 Å². The van der Waals surface area contributed by atoms with E-state index >= 15 is 0 Å². The first-order valence-electron chi connectivity index (χ1n) is 9.41. The highest BCUT2D eigenvalue weighted by Gasteiger charge is 2.15. The number of carbonyl (C=O) groups is 1. The van der Waals surface area contributed by atoms with Crippen molar-refractivity contribution >= 4 is 5.91 Å². The third-order valence-corrected chi connectivity index (χ3v) is 4.56. The zero-order valence-electron chi connectivity index (χ0n) is 16.3. The maximum absolute atomic E-state index is 12.3. The Morgan fingerprint density at radius 1 is 1.14 bits per heavy atom. The molecular formula is C21H22N4O4. The summed E-state index contributed by atoms with van der Waals surface area (Å²) in [5, 5.41) is 10.8. The number of hydrogen-bond acceptors (Lipinski definition) is 6. The zero-order valence-corrected chi connectivity index (χ0v) is 16.3. The van der Waals surface area contributed by atoms with Gasteiger partial charge in [0.1, 0.15) is 25.6 Å². The number of ether oxygens (including phenoxy) is 3. The number of nitrogens with zero attached hydrogens (tertiary/aromatic N) is 3. The van der Waals surface area contributed by atoms with Crippen molar-refractivity contribution < 1.29 is 19.0 Å². The van der Waals surface area contributed by atoms with Gasteiger partial charge in [0.25, 0.3) is 5.91 Å². The van der Waals surface area contributed by atoms with Crippen molar-refractivity contribution in [3.05, 3.63) is 59.4 Å². The van der Waals surface area contributed by atoms with Crippen LogP contribution in [0.25, 0.3) is 5.69 Å². The average molecular weight is 394 g/mol. The smallest absolute Gasteiger partial charge is 0.273 e. The number of amides is 1. The zero-order chi connectivity index (χ0) is 20.2. The Hall–Kier alpha value is -3.55. The lowest BCUT2D eigenvalue weighted by atomic mass is 10.1. The lowest BCUT2D eigenvalue weighted by Crippen LogP contribution is -2.28. The number of aryl methyl sites for hydroxylation is 2. The molecule has 8 heteroatoms. The van der Waals surface area contributed by atoms with E-state index in [0.29, 0.717) is 37.9 Å². The predicted molar refractivity (Wildman–Crippen MR) is 106 cm³/mol. The molecule has 1 aliphatic rings. The molecule has 0 fully saturated rings. The number of rotatable bonds is 6. The van der Waals surface area contributed by atoms with Gasteiger partial charge in [-0.15, -0.1) is 5.10 Å². The van der Waals surface area contributed by atoms with Crippen molar-refractivity contribution in [2.45, 2.75) is 13.8 Å². The molecule has 2 aromatic carbocycles. The standard InChI is InChI=1S/C21H22N4O4/c1-14-4-3-5-15(2)20(14)29-9-8-22-21(26)17-13-25(24-23-17)16-6-7-18-19(12-16)28-11-10-27-18/h3-7,12-13H,8-11H2,1-2H3,(H,22,26). The second-order valence-corrected chi connectivity index (χ2v) is 6.70. The van der Waals surface area contributed by atoms with Crippen LogP contribution >= 0.6 is 0 Å². The maximum Gasteiger partial charge on any atom is 0.273 e. The van der Waals surface area contributed by atoms with Crippen LogP contribution in [0.5, 0.6) is 17.2 Å². The molecule has 4 rings (SSSR count). The quantitative estimate of drug-likeness (QED) is 0.647. The largest absolute Gasteiger partial charge is 0.491 e. The van der Waals surface area contributed by atoms with E-state index < -0.39 is 0 Å². The average Bonchev–Trinajstić information content (AvgIpc) is 3.23. The van der Waals surface area contributed by atoms with E-state index in [0.717, 1.165) is 22.6 Å². The minimum absolute atomic E-state index is 0.229. The summed E-state index contributed by atoms with van der Waals surface area (Å²) in [5.74, 6) is 1.89. The second kappa shape index (κ2) is 8.22. The van der Waals surface area contributed by atoms with E-state index in [1.165, 1.54) is 4.68 Å². The third-order valence-electron chi connectivity index (χ3n) is 4.56. The van der Waals surface area contributed by atoms with Crippen molar-refractivity contribution in [2.24, 2.45) is 0 Å². The van der Waals surface area contributed by atoms with Gasteiger partial charge in [0.2, 0.25) is 0 Å². The fourth-order valence-corrected chi connectivity index (χ4v) is 3.10. The lowest BCUT2D eigenvalue weighted by molar-refractivity contribution is 0.0942. The Morgan fingerprint density at radius 3 is 2.69 bits per heavy atom. The molecule has 1 aromatic heterocycles. The molecule has 150 valence electrons. The summed E-state index contributed by atoms with van der Waals surface area (Å²) < 4.78 is 18.4. The lowest BCUT2D eigenvalue weighted by Gasteiger charge is -2.18. The van der Waals surface area contributed by atoms with Crippen LogP contribution in [-0.4, -0.2) is 47.3 Å². The minimum Gasteiger partial charge on any atom is -0.491 e. The van der Waals surface area contributed by atoms with Crippen LogP contribution in [0, 0.1) is 13.8 Å². The van der Waals surface area contributed by atoms with Gasteiger partial charge in [-0.25, -0.2) is 4.68 Å². The highest BCUT2D eigenvalue weighted by Crippen LogP contribution is 2.31. The first kappa shape index (κ1) is 18.8. The van der Waals surface area contributed by atoms with E-state index in [4.69, 9.17) is 14.2 Å². The number of para-hydroxylation sites is 1. The fraction of sp³-hybridized carbons (Fsp3) is 0.286. The molecule has 1 amide bonds. The van der Waals surface area contributed by atoms with Crippen LogP contribution in [0.1, 0.15) is 21.6 Å². The van der Waals surface area contributed by atoms with Gasteiger partial charge in [0.05, 0.1) is 18.4 Å². The van der Waals surface area contributed by atoms with Crippen molar-refractivity contribution in [3.63, 3.8) is 0 Å². The molecule has 0 saturated heterocycles. The molecule has 0 radical (unpaired) electrons. The number of hydrogen-bond donors (Lipinski definition) is 1. The Balaban J connectivity index is 1.34. The van der Waals surface area contributed by atoms with Crippen LogP contribution in [0.3, 0.4) is 0 Å². The molecular weight excluding hydrogens is 372 g/mol. The molecule has 0 atom stereocenters. The summed E-state index contributed by atoms with van der Waals surface area (Å²) in [4.78, 5) is 12.3. The minimum atomic E-state index is -0.307. The molecule has 8 nitrogen and oxygen atoms in total. The molecule has 0 aliphatic carbocycles. The molecule has 0 saturated carbocycles. The van der Waals surface area contributed by atoms with Gasteiger partial charge in [0, 0.05) is 6.07 Å². The van der Waals surface area contributed by atoms with E-state index in [2.05, 4.69) is 15.6 Å². The molecule has 29 heavy (non-hydrogen) atoms. The van der Waals surface area contributed by atoms with Crippen LogP contribution in [-0.2, 0) is 0 Å². The Labute approximate surface area is 168 Å². The SMILES string of the molecule is Cc1cccc(C)c1OCCNC(=O)c1cn(-c2ccc3c(c2)OCCO3)nn1. The summed E-state index contributed by atoms with van der Waals surface area (Å²) in [6, 6.07) is 11.4. The second-order valence-electron chi connectivity index (χ2n) is 6.70. The number of fused-ring (bicyclic) bond motifs is 1. The highest BCUT2D eigenvalue weighted by atomic mass is 16.6. The number of aromatic nitrogens is 3. The monoisotopic (exact) mass is 394 g/mol. The van der Waals surface area contributed by atoms with Gasteiger partial charge < -0.3 is 19.5 Å². The van der Waals surface area contributed by atoms with Gasteiger partial charge >= 0.3 is 0 Å². The molecule has 0 bridgehead atoms. The summed E-state index contributed by atoms with van der Waals surface area (Å²) in [6.45, 7) is 5.77. The first-order valence-corrected chi connectivity index (χ1v) is 9.41. The summed E-state index contributed by atoms with van der Waals surface area (Å²) in [7, 11) is 0. The van der Waals surface area contributed by atoms with E-state index in [9.17, 15) is 4.79 Å². The number of carbonyl (C=O) groups excluding carboxylic acids is 1. The van der Waals surface area contributed by atoms with Crippen LogP contribution < -0.4 is 19.5 Å². The van der Waals surface area contributed by atoms with Gasteiger partial charge in [-0.1, -0.05) is 23.4 Å². The molecule has 1 N–H and O–H groups in total. The summed E-state index contributed by atoms with van der Waals surface area (Å²) in [5.41, 5.74) is 3.10. The van der Waals surface area contributed by atoms with Crippen LogP contribution in [0.2, 0.25) is 0 Å². The van der Waals surface area contributed by atoms with Gasteiger partial charge in [-0.3, -0.25) is 4.79 Å². The van der Waals surface area contributed by atoms with Crippen molar-refractivity contribution in [3.8, 4) is 22.9 Å². The number of nitrogens with one attached hydrogen (secondary N) is 1. The van der Waals surface area contributed by atoms with Crippen LogP contribution in [0.15, 0.2) is 42.6 Å². The summed E-state index contributed by atoms with van der Waals surface area (Å²) >= 11 is 0. The van der Waals surface area contributed by atoms with Crippen molar-refractivity contribution in [1.82, 2.24) is 20.3 Å². The van der Waals surface area contributed by atoms with E-state index in [1.54, 1.807) is 6.20 Å². The third kappa shape index (κ3) is 4.16. The van der Waals surface area contributed by atoms with Crippen LogP contribution in [0.4, 0.5) is 0 Å². The molecule has 3 aromatic rings. The molecule has 0 unspecified atom stereocenters. The first-order chi connectivity index (χ1) is 14.1. The van der Waals surface area contributed by atoms with Crippen molar-refractivity contribution in [1.29, 1.82) is 0 Å². The molecule has 1 aliphatic heterocycles. The normalized spacial score (nSPS) is 12.5. The molecule has 2 heterocycles. The van der Waals surface area contributed by atoms with Crippen molar-refractivity contribution in [2.75, 3.05) is 26.4 Å². The topological polar surface area (TPSA) is 87.5 Å². The van der Waals surface area contributed by atoms with Gasteiger partial charge in [-0.05, 0) is 37.1 Å². The maximum atomic E-state index is 12.3. The Morgan fingerprint density at radius 2 is 1.90 bits per heavy atom. The number of benzene rings is 2.